The van der Waals surface area contributed by atoms with E-state index in [9.17, 15) is 4.79 Å². The van der Waals surface area contributed by atoms with E-state index in [4.69, 9.17) is 16.3 Å². The van der Waals surface area contributed by atoms with Crippen molar-refractivity contribution in [2.75, 3.05) is 12.4 Å². The van der Waals surface area contributed by atoms with Gasteiger partial charge in [-0.3, -0.25) is 0 Å². The number of carbonyl (C=O) groups is 1. The normalized spacial score (nSPS) is 10.4. The Labute approximate surface area is 135 Å². The molecule has 0 unspecified atom stereocenters. The number of thiophene rings is 1. The highest BCUT2D eigenvalue weighted by Crippen LogP contribution is 2.32. The number of rotatable bonds is 4. The monoisotopic (exact) mass is 373 g/mol. The van der Waals surface area contributed by atoms with Crippen LogP contribution in [0.4, 0.5) is 5.69 Å². The van der Waals surface area contributed by atoms with Crippen LogP contribution in [0.1, 0.15) is 20.8 Å². The minimum Gasteiger partial charge on any atom is -0.465 e. The molecule has 20 heavy (non-hydrogen) atoms. The Morgan fingerprint density at radius 1 is 1.50 bits per heavy atom. The highest BCUT2D eigenvalue weighted by Gasteiger charge is 2.12. The number of benzene rings is 1. The summed E-state index contributed by atoms with van der Waals surface area (Å²) in [5, 5.41) is 3.31. The Morgan fingerprint density at radius 3 is 2.85 bits per heavy atom. The van der Waals surface area contributed by atoms with Crippen molar-refractivity contribution >= 4 is 50.5 Å². The molecule has 0 radical (unpaired) electrons. The Kier molecular flexibility index (Phi) is 5.07. The molecule has 1 aromatic carbocycles. The summed E-state index contributed by atoms with van der Waals surface area (Å²) in [7, 11) is 1.38. The second kappa shape index (κ2) is 6.61. The number of methoxy groups -OCH3 is 1. The maximum atomic E-state index is 11.6. The third-order valence-electron chi connectivity index (χ3n) is 2.89. The number of esters is 1. The largest absolute Gasteiger partial charge is 0.465 e. The fraction of sp³-hybridized carbons (Fsp3) is 0.214. The van der Waals surface area contributed by atoms with Gasteiger partial charge in [0.05, 0.1) is 12.7 Å². The molecule has 6 heteroatoms. The summed E-state index contributed by atoms with van der Waals surface area (Å²) < 4.78 is 6.41. The van der Waals surface area contributed by atoms with E-state index >= 15 is 0 Å². The number of halogens is 2. The molecule has 0 spiro atoms. The fourth-order valence-electron chi connectivity index (χ4n) is 1.82. The van der Waals surface area contributed by atoms with E-state index in [1.54, 1.807) is 6.07 Å². The van der Waals surface area contributed by atoms with Crippen LogP contribution in [0.2, 0.25) is 4.34 Å². The molecule has 0 bridgehead atoms. The first-order chi connectivity index (χ1) is 9.52. The highest BCUT2D eigenvalue weighted by atomic mass is 79.9. The maximum Gasteiger partial charge on any atom is 0.338 e. The van der Waals surface area contributed by atoms with E-state index in [-0.39, 0.29) is 5.97 Å². The lowest BCUT2D eigenvalue weighted by atomic mass is 10.1. The molecule has 0 amide bonds. The Morgan fingerprint density at radius 2 is 2.25 bits per heavy atom. The zero-order valence-electron chi connectivity index (χ0n) is 11.0. The van der Waals surface area contributed by atoms with E-state index in [1.807, 2.05) is 25.1 Å². The number of anilines is 1. The van der Waals surface area contributed by atoms with Gasteiger partial charge in [0.15, 0.2) is 0 Å². The van der Waals surface area contributed by atoms with Crippen LogP contribution < -0.4 is 5.32 Å². The number of carbonyl (C=O) groups excluding carboxylic acids is 1. The van der Waals surface area contributed by atoms with Crippen molar-refractivity contribution in [1.82, 2.24) is 0 Å². The molecule has 0 atom stereocenters. The lowest BCUT2D eigenvalue weighted by Crippen LogP contribution is -2.07. The zero-order valence-corrected chi connectivity index (χ0v) is 14.2. The van der Waals surface area contributed by atoms with Gasteiger partial charge < -0.3 is 10.1 Å². The summed E-state index contributed by atoms with van der Waals surface area (Å²) in [6, 6.07) is 7.51. The van der Waals surface area contributed by atoms with Crippen LogP contribution in [0.15, 0.2) is 28.7 Å². The summed E-state index contributed by atoms with van der Waals surface area (Å²) >= 11 is 10.9. The molecule has 0 aliphatic heterocycles. The molecule has 2 aromatic rings. The molecule has 1 heterocycles. The van der Waals surface area contributed by atoms with Gasteiger partial charge in [0.1, 0.15) is 4.34 Å². The lowest BCUT2D eigenvalue weighted by Gasteiger charge is -2.11. The number of ether oxygens (including phenoxy) is 1. The molecule has 3 nitrogen and oxygen atoms in total. The molecule has 0 saturated carbocycles. The van der Waals surface area contributed by atoms with Gasteiger partial charge in [0.2, 0.25) is 0 Å². The number of nitrogens with one attached hydrogen (secondary N) is 1. The first kappa shape index (κ1) is 15.4. The van der Waals surface area contributed by atoms with E-state index in [2.05, 4.69) is 21.2 Å². The van der Waals surface area contributed by atoms with Gasteiger partial charge in [-0.2, -0.15) is 0 Å². The van der Waals surface area contributed by atoms with E-state index in [1.165, 1.54) is 18.4 Å². The first-order valence-corrected chi connectivity index (χ1v) is 7.87. The van der Waals surface area contributed by atoms with Gasteiger partial charge >= 0.3 is 5.97 Å². The maximum absolute atomic E-state index is 11.6. The summed E-state index contributed by atoms with van der Waals surface area (Å²) in [5.41, 5.74) is 2.36. The number of hydrogen-bond donors (Lipinski definition) is 1. The third-order valence-corrected chi connectivity index (χ3v) is 5.36. The van der Waals surface area contributed by atoms with Gasteiger partial charge in [0.25, 0.3) is 0 Å². The molecule has 1 aromatic heterocycles. The molecular formula is C14H13BrClNO2S. The minimum atomic E-state index is -0.326. The molecule has 2 rings (SSSR count). The summed E-state index contributed by atoms with van der Waals surface area (Å²) in [6.07, 6.45) is 0. The van der Waals surface area contributed by atoms with Crippen LogP contribution in [0.5, 0.6) is 0 Å². The second-order valence-electron chi connectivity index (χ2n) is 4.16. The van der Waals surface area contributed by atoms with E-state index < -0.39 is 0 Å². The Bertz CT molecular complexity index is 623. The zero-order chi connectivity index (χ0) is 14.7. The standard InChI is InChI=1S/C14H13BrClNO2S/c1-8-10(14(18)19-2)4-3-5-12(8)17-7-9-6-11(15)13(16)20-9/h3-6,17H,7H2,1-2H3. The fourth-order valence-corrected chi connectivity index (χ4v) is 3.55. The Balaban J connectivity index is 2.15. The van der Waals surface area contributed by atoms with Crippen molar-refractivity contribution in [2.45, 2.75) is 13.5 Å². The van der Waals surface area contributed by atoms with Gasteiger partial charge in [0, 0.05) is 21.6 Å². The van der Waals surface area contributed by atoms with Gasteiger partial charge in [-0.15, -0.1) is 11.3 Å². The topological polar surface area (TPSA) is 38.3 Å². The molecule has 106 valence electrons. The van der Waals surface area contributed by atoms with E-state index in [0.29, 0.717) is 12.1 Å². The van der Waals surface area contributed by atoms with Gasteiger partial charge in [-0.25, -0.2) is 4.79 Å². The molecule has 0 fully saturated rings. The van der Waals surface area contributed by atoms with Crippen molar-refractivity contribution in [3.05, 3.63) is 49.1 Å². The lowest BCUT2D eigenvalue weighted by molar-refractivity contribution is 0.0600. The third kappa shape index (κ3) is 3.34. The predicted molar refractivity (Wildman–Crippen MR) is 86.9 cm³/mol. The van der Waals surface area contributed by atoms with Crippen LogP contribution >= 0.6 is 38.9 Å². The summed E-state index contributed by atoms with van der Waals surface area (Å²) in [6.45, 7) is 2.55. The van der Waals surface area contributed by atoms with Crippen LogP contribution in [-0.4, -0.2) is 13.1 Å². The minimum absolute atomic E-state index is 0.326. The van der Waals surface area contributed by atoms with Crippen LogP contribution in [0, 0.1) is 6.92 Å². The smallest absolute Gasteiger partial charge is 0.338 e. The van der Waals surface area contributed by atoms with Crippen molar-refractivity contribution in [1.29, 1.82) is 0 Å². The molecule has 0 saturated heterocycles. The molecular weight excluding hydrogens is 362 g/mol. The van der Waals surface area contributed by atoms with Crippen molar-refractivity contribution in [3.63, 3.8) is 0 Å². The first-order valence-electron chi connectivity index (χ1n) is 5.88. The SMILES string of the molecule is COC(=O)c1cccc(NCc2cc(Br)c(Cl)s2)c1C. The highest BCUT2D eigenvalue weighted by molar-refractivity contribution is 9.10. The Hall–Kier alpha value is -1.04. The molecule has 1 N–H and O–H groups in total. The average molecular weight is 375 g/mol. The van der Waals surface area contributed by atoms with Crippen molar-refractivity contribution in [2.24, 2.45) is 0 Å². The summed E-state index contributed by atoms with van der Waals surface area (Å²) in [4.78, 5) is 12.8. The van der Waals surface area contributed by atoms with E-state index in [0.717, 1.165) is 24.9 Å². The predicted octanol–water partition coefficient (Wildman–Crippen LogP) is 4.87. The van der Waals surface area contributed by atoms with Crippen molar-refractivity contribution < 1.29 is 9.53 Å². The molecule has 0 aliphatic rings. The van der Waals surface area contributed by atoms with Crippen LogP contribution in [-0.2, 0) is 11.3 Å². The van der Waals surface area contributed by atoms with Crippen molar-refractivity contribution in [3.8, 4) is 0 Å². The number of hydrogen-bond acceptors (Lipinski definition) is 4. The van der Waals surface area contributed by atoms with Gasteiger partial charge in [-0.1, -0.05) is 17.7 Å². The van der Waals surface area contributed by atoms with Gasteiger partial charge in [-0.05, 0) is 46.6 Å². The molecule has 0 aliphatic carbocycles. The van der Waals surface area contributed by atoms with Crippen LogP contribution in [0.3, 0.4) is 0 Å². The summed E-state index contributed by atoms with van der Waals surface area (Å²) in [5.74, 6) is -0.326. The van der Waals surface area contributed by atoms with Crippen LogP contribution in [0.25, 0.3) is 0 Å². The quantitative estimate of drug-likeness (QED) is 0.776. The second-order valence-corrected chi connectivity index (χ2v) is 6.75. The average Bonchev–Trinajstić information content (AvgIpc) is 2.76.